The van der Waals surface area contributed by atoms with Crippen molar-refractivity contribution in [3.8, 4) is 22.8 Å². The number of hydrogen-bond donors (Lipinski definition) is 3. The zero-order chi connectivity index (χ0) is 23.2. The second kappa shape index (κ2) is 10.1. The van der Waals surface area contributed by atoms with Gasteiger partial charge in [-0.3, -0.25) is 4.79 Å². The standard InChI is InChI=1S/C25H23N5O2S/c1-17-6-10-20(11-7-17)24-28-29-25(30(24)21-12-8-18(2)9-13-21)33-16-23(32)27-26-15-19-4-3-5-22(31)14-19/h3-15H,16H2,1-2H3,(H2,27,31,32)/p+1. The fourth-order valence-electron chi connectivity index (χ4n) is 3.18. The van der Waals surface area contributed by atoms with Crippen LogP contribution in [0.4, 0.5) is 0 Å². The Bertz CT molecular complexity index is 1280. The van der Waals surface area contributed by atoms with Crippen LogP contribution in [0.25, 0.3) is 17.1 Å². The lowest BCUT2D eigenvalue weighted by Gasteiger charge is -2.05. The lowest BCUT2D eigenvalue weighted by Crippen LogP contribution is -2.34. The topological polar surface area (TPSA) is 94.2 Å². The van der Waals surface area contributed by atoms with Crippen LogP contribution in [-0.2, 0) is 4.79 Å². The Morgan fingerprint density at radius 2 is 1.79 bits per heavy atom. The van der Waals surface area contributed by atoms with Gasteiger partial charge < -0.3 is 5.11 Å². The van der Waals surface area contributed by atoms with Gasteiger partial charge in [0.05, 0.1) is 22.6 Å². The van der Waals surface area contributed by atoms with Crippen molar-refractivity contribution in [3.05, 3.63) is 89.5 Å². The normalized spacial score (nSPS) is 11.1. The van der Waals surface area contributed by atoms with E-state index >= 15 is 0 Å². The fraction of sp³-hybridized carbons (Fsp3) is 0.120. The molecule has 0 fully saturated rings. The van der Waals surface area contributed by atoms with Crippen LogP contribution in [0, 0.1) is 13.8 Å². The number of rotatable bonds is 7. The maximum atomic E-state index is 12.3. The molecule has 0 spiro atoms. The van der Waals surface area contributed by atoms with Gasteiger partial charge in [-0.15, -0.1) is 5.10 Å². The summed E-state index contributed by atoms with van der Waals surface area (Å²) in [5.74, 6) is 0.862. The molecule has 4 rings (SSSR count). The smallest absolute Gasteiger partial charge is 0.342 e. The summed E-state index contributed by atoms with van der Waals surface area (Å²) in [7, 11) is 0. The van der Waals surface area contributed by atoms with Crippen LogP contribution < -0.4 is 9.99 Å². The van der Waals surface area contributed by atoms with E-state index in [1.807, 2.05) is 54.8 Å². The molecule has 4 aromatic rings. The molecule has 3 aromatic carbocycles. The number of phenolic OH excluding ortho intramolecular Hbond substituents is 1. The second-order valence-corrected chi connectivity index (χ2v) is 8.51. The third-order valence-electron chi connectivity index (χ3n) is 4.89. The van der Waals surface area contributed by atoms with Gasteiger partial charge in [-0.2, -0.15) is 9.67 Å². The summed E-state index contributed by atoms with van der Waals surface area (Å²) in [6.07, 6.45) is 1.48. The van der Waals surface area contributed by atoms with Crippen LogP contribution in [0.15, 0.2) is 83.1 Å². The van der Waals surface area contributed by atoms with E-state index < -0.39 is 0 Å². The molecular formula is C25H24N5O2S+. The summed E-state index contributed by atoms with van der Waals surface area (Å²) in [4.78, 5) is 12.3. The molecule has 0 aliphatic carbocycles. The highest BCUT2D eigenvalue weighted by Gasteiger charge is 2.24. The molecule has 8 heteroatoms. The Morgan fingerprint density at radius 3 is 2.48 bits per heavy atom. The molecule has 0 saturated carbocycles. The Labute approximate surface area is 196 Å². The molecule has 0 radical (unpaired) electrons. The minimum Gasteiger partial charge on any atom is -0.508 e. The van der Waals surface area contributed by atoms with Gasteiger partial charge in [0.2, 0.25) is 0 Å². The van der Waals surface area contributed by atoms with E-state index in [9.17, 15) is 9.90 Å². The molecule has 0 aliphatic rings. The third kappa shape index (κ3) is 5.67. The molecule has 0 unspecified atom stereocenters. The number of aromatic hydroxyl groups is 1. The number of carbonyl (C=O) groups is 1. The van der Waals surface area contributed by atoms with Gasteiger partial charge in [0.1, 0.15) is 11.4 Å². The number of aromatic nitrogens is 3. The number of phenols is 1. The number of hydrazone groups is 1. The minimum absolute atomic E-state index is 0.140. The van der Waals surface area contributed by atoms with Crippen molar-refractivity contribution in [3.63, 3.8) is 0 Å². The van der Waals surface area contributed by atoms with Crippen molar-refractivity contribution < 1.29 is 14.5 Å². The maximum absolute atomic E-state index is 12.3. The number of aryl methyl sites for hydroxylation is 2. The Kier molecular flexibility index (Phi) is 6.85. The first-order chi connectivity index (χ1) is 16.0. The van der Waals surface area contributed by atoms with E-state index in [-0.39, 0.29) is 17.4 Å². The molecule has 0 atom stereocenters. The summed E-state index contributed by atoms with van der Waals surface area (Å²) in [5.41, 5.74) is 7.50. The van der Waals surface area contributed by atoms with Crippen molar-refractivity contribution >= 4 is 23.9 Å². The average molecular weight is 459 g/mol. The van der Waals surface area contributed by atoms with Crippen LogP contribution in [0.1, 0.15) is 16.7 Å². The maximum Gasteiger partial charge on any atom is 0.342 e. The van der Waals surface area contributed by atoms with E-state index in [0.29, 0.717) is 10.7 Å². The highest BCUT2D eigenvalue weighted by atomic mass is 32.2. The van der Waals surface area contributed by atoms with Gasteiger partial charge in [0.25, 0.3) is 11.7 Å². The van der Waals surface area contributed by atoms with Gasteiger partial charge >= 0.3 is 5.16 Å². The number of thioether (sulfide) groups is 1. The number of aromatic amines is 1. The molecule has 3 N–H and O–H groups in total. The molecule has 1 amide bonds. The molecule has 1 heterocycles. The predicted octanol–water partition coefficient (Wildman–Crippen LogP) is 3.92. The molecule has 33 heavy (non-hydrogen) atoms. The van der Waals surface area contributed by atoms with Crippen LogP contribution in [0.3, 0.4) is 0 Å². The first-order valence-electron chi connectivity index (χ1n) is 10.4. The lowest BCUT2D eigenvalue weighted by molar-refractivity contribution is -0.625. The molecule has 166 valence electrons. The Balaban J connectivity index is 1.51. The summed E-state index contributed by atoms with van der Waals surface area (Å²) in [5, 5.41) is 21.7. The van der Waals surface area contributed by atoms with Crippen LogP contribution in [-0.4, -0.2) is 33.2 Å². The van der Waals surface area contributed by atoms with Crippen molar-refractivity contribution in [2.75, 3.05) is 5.75 Å². The third-order valence-corrected chi connectivity index (χ3v) is 5.83. The average Bonchev–Trinajstić information content (AvgIpc) is 3.23. The Morgan fingerprint density at radius 1 is 1.09 bits per heavy atom. The van der Waals surface area contributed by atoms with E-state index in [1.54, 1.807) is 24.3 Å². The predicted molar refractivity (Wildman–Crippen MR) is 130 cm³/mol. The van der Waals surface area contributed by atoms with Crippen LogP contribution >= 0.6 is 11.8 Å². The molecule has 0 bridgehead atoms. The van der Waals surface area contributed by atoms with E-state index in [1.165, 1.54) is 23.5 Å². The monoisotopic (exact) mass is 458 g/mol. The van der Waals surface area contributed by atoms with Crippen LogP contribution in [0.2, 0.25) is 0 Å². The minimum atomic E-state index is -0.258. The number of hydrogen-bond acceptors (Lipinski definition) is 5. The van der Waals surface area contributed by atoms with Gasteiger partial charge in [-0.1, -0.05) is 47.5 Å². The SMILES string of the molecule is Cc1ccc(-c2[nH]nc(SCC(=O)NN=Cc3cccc(O)c3)[n+]2-c2ccc(C)cc2)cc1. The first kappa shape index (κ1) is 22.3. The second-order valence-electron chi connectivity index (χ2n) is 7.57. The van der Waals surface area contributed by atoms with Gasteiger partial charge in [0, 0.05) is 0 Å². The summed E-state index contributed by atoms with van der Waals surface area (Å²) >= 11 is 1.32. The zero-order valence-electron chi connectivity index (χ0n) is 18.3. The highest BCUT2D eigenvalue weighted by Crippen LogP contribution is 2.21. The number of amides is 1. The lowest BCUT2D eigenvalue weighted by atomic mass is 10.1. The van der Waals surface area contributed by atoms with E-state index in [2.05, 4.69) is 32.9 Å². The van der Waals surface area contributed by atoms with E-state index in [0.717, 1.165) is 22.6 Å². The molecule has 7 nitrogen and oxygen atoms in total. The summed E-state index contributed by atoms with van der Waals surface area (Å²) in [6, 6.07) is 23.0. The molecular weight excluding hydrogens is 434 g/mol. The van der Waals surface area contributed by atoms with Crippen molar-refractivity contribution in [2.24, 2.45) is 5.10 Å². The number of nitrogens with one attached hydrogen (secondary N) is 2. The van der Waals surface area contributed by atoms with Crippen molar-refractivity contribution in [2.45, 2.75) is 19.0 Å². The summed E-state index contributed by atoms with van der Waals surface area (Å²) < 4.78 is 2.01. The molecule has 0 aliphatic heterocycles. The number of nitrogens with zero attached hydrogens (tertiary/aromatic N) is 3. The summed E-state index contributed by atoms with van der Waals surface area (Å²) in [6.45, 7) is 4.09. The van der Waals surface area contributed by atoms with Gasteiger partial charge in [-0.25, -0.2) is 5.43 Å². The fourth-order valence-corrected chi connectivity index (χ4v) is 3.94. The van der Waals surface area contributed by atoms with Crippen LogP contribution in [0.5, 0.6) is 5.75 Å². The van der Waals surface area contributed by atoms with Gasteiger partial charge in [-0.05, 0) is 67.6 Å². The first-order valence-corrected chi connectivity index (χ1v) is 11.4. The Hall–Kier alpha value is -3.91. The molecule has 1 aromatic heterocycles. The number of H-pyrrole nitrogens is 1. The number of carbonyl (C=O) groups excluding carboxylic acids is 1. The van der Waals surface area contributed by atoms with Crippen molar-refractivity contribution in [1.29, 1.82) is 0 Å². The highest BCUT2D eigenvalue weighted by molar-refractivity contribution is 7.99. The van der Waals surface area contributed by atoms with Gasteiger partial charge in [0.15, 0.2) is 0 Å². The van der Waals surface area contributed by atoms with E-state index in [4.69, 9.17) is 0 Å². The molecule has 0 saturated heterocycles. The van der Waals surface area contributed by atoms with Crippen molar-refractivity contribution in [1.82, 2.24) is 15.6 Å². The zero-order valence-corrected chi connectivity index (χ0v) is 19.1. The quantitative estimate of drug-likeness (QED) is 0.169. The number of benzene rings is 3. The largest absolute Gasteiger partial charge is 0.508 e.